The van der Waals surface area contributed by atoms with Crippen LogP contribution in [0.4, 0.5) is 8.78 Å². The second-order valence-electron chi connectivity index (χ2n) is 5.91. The number of carbonyl (C=O) groups is 2. The maximum atomic E-state index is 14.2. The molecule has 2 aromatic rings. The fourth-order valence-corrected chi connectivity index (χ4v) is 2.14. The topological polar surface area (TPSA) is 88.9 Å². The lowest BCUT2D eigenvalue weighted by atomic mass is 10.2. The summed E-state index contributed by atoms with van der Waals surface area (Å²) in [6.45, 7) is 0.443. The molecule has 1 aromatic heterocycles. The average Bonchev–Trinajstić information content (AvgIpc) is 3.31. The second-order valence-corrected chi connectivity index (χ2v) is 5.91. The lowest BCUT2D eigenvalue weighted by Gasteiger charge is -2.15. The first-order valence-corrected chi connectivity index (χ1v) is 7.88. The zero-order valence-electron chi connectivity index (χ0n) is 13.3. The Morgan fingerprint density at radius 1 is 1.20 bits per heavy atom. The number of hydrogen-bond acceptors (Lipinski definition) is 4. The van der Waals surface area contributed by atoms with E-state index in [2.05, 4.69) is 20.9 Å². The van der Waals surface area contributed by atoms with Crippen LogP contribution in [0.5, 0.6) is 0 Å². The summed E-state index contributed by atoms with van der Waals surface area (Å²) in [5.41, 5.74) is 0.432. The monoisotopic (exact) mass is 349 g/mol. The van der Waals surface area contributed by atoms with Crippen molar-refractivity contribution in [1.29, 1.82) is 0 Å². The molecule has 3 rings (SSSR count). The highest BCUT2D eigenvalue weighted by Gasteiger charge is 2.42. The van der Waals surface area contributed by atoms with E-state index in [0.29, 0.717) is 18.0 Å². The van der Waals surface area contributed by atoms with Gasteiger partial charge in [0.1, 0.15) is 0 Å². The summed E-state index contributed by atoms with van der Waals surface area (Å²) in [6, 6.07) is 4.72. The normalized spacial score (nSPS) is 14.2. The Hall–Kier alpha value is -2.84. The maximum absolute atomic E-state index is 14.2. The summed E-state index contributed by atoms with van der Waals surface area (Å²) in [6.07, 6.45) is 2.86. The van der Waals surface area contributed by atoms with Crippen molar-refractivity contribution >= 4 is 11.8 Å². The van der Waals surface area contributed by atoms with Crippen LogP contribution in [0.1, 0.15) is 28.9 Å². The number of amides is 2. The quantitative estimate of drug-likeness (QED) is 0.788. The average molecular weight is 349 g/mol. The first-order chi connectivity index (χ1) is 12.0. The zero-order valence-corrected chi connectivity index (χ0v) is 13.3. The second kappa shape index (κ2) is 6.96. The molecule has 1 fully saturated rings. The summed E-state index contributed by atoms with van der Waals surface area (Å²) in [4.78, 5) is 23.6. The van der Waals surface area contributed by atoms with Crippen LogP contribution in [0.15, 0.2) is 36.5 Å². The molecule has 7 nitrogen and oxygen atoms in total. The van der Waals surface area contributed by atoms with E-state index < -0.39 is 17.9 Å². The molecule has 2 N–H and O–H groups in total. The Morgan fingerprint density at radius 3 is 2.60 bits per heavy atom. The van der Waals surface area contributed by atoms with Gasteiger partial charge in [-0.2, -0.15) is 13.5 Å². The molecular formula is C16H17F2N5O2. The predicted octanol–water partition coefficient (Wildman–Crippen LogP) is 1.28. The molecule has 1 aromatic carbocycles. The molecule has 9 heteroatoms. The van der Waals surface area contributed by atoms with E-state index in [9.17, 15) is 18.4 Å². The van der Waals surface area contributed by atoms with Gasteiger partial charge in [0.2, 0.25) is 0 Å². The van der Waals surface area contributed by atoms with E-state index in [1.165, 1.54) is 0 Å². The molecule has 25 heavy (non-hydrogen) atoms. The minimum Gasteiger partial charge on any atom is -0.350 e. The van der Waals surface area contributed by atoms with Crippen molar-refractivity contribution in [2.75, 3.05) is 6.54 Å². The number of aromatic nitrogens is 3. The van der Waals surface area contributed by atoms with E-state index in [4.69, 9.17) is 0 Å². The van der Waals surface area contributed by atoms with Gasteiger partial charge >= 0.3 is 12.0 Å². The highest BCUT2D eigenvalue weighted by Crippen LogP contribution is 2.27. The minimum atomic E-state index is -3.95. The number of hydrogen-bond donors (Lipinski definition) is 2. The number of nitrogens with zero attached hydrogens (tertiary/aromatic N) is 3. The molecule has 0 spiro atoms. The Morgan fingerprint density at radius 2 is 1.92 bits per heavy atom. The van der Waals surface area contributed by atoms with Crippen LogP contribution in [0.2, 0.25) is 0 Å². The van der Waals surface area contributed by atoms with Crippen molar-refractivity contribution in [2.24, 2.45) is 5.92 Å². The number of alkyl halides is 2. The van der Waals surface area contributed by atoms with Gasteiger partial charge in [-0.15, -0.1) is 5.10 Å². The van der Waals surface area contributed by atoms with Gasteiger partial charge in [0.25, 0.3) is 5.91 Å². The molecule has 2 amide bonds. The van der Waals surface area contributed by atoms with Crippen molar-refractivity contribution in [3.8, 4) is 0 Å². The molecular weight excluding hydrogens is 332 g/mol. The van der Waals surface area contributed by atoms with Crippen LogP contribution in [0.25, 0.3) is 0 Å². The largest absolute Gasteiger partial charge is 0.423 e. The summed E-state index contributed by atoms with van der Waals surface area (Å²) >= 11 is 0. The standard InChI is InChI=1S/C16H17F2N5O2/c17-16(18,15(25)20-9-11-4-2-1-3-5-11)23-10-13(21-22-23)14(24)19-8-12-6-7-12/h1-5,10,12H,6-9H2,(H,19,24)(H,20,25). The predicted molar refractivity (Wildman–Crippen MR) is 83.6 cm³/mol. The van der Waals surface area contributed by atoms with Gasteiger partial charge in [-0.3, -0.25) is 9.59 Å². The van der Waals surface area contributed by atoms with Gasteiger partial charge in [-0.05, 0) is 24.3 Å². The molecule has 0 aliphatic heterocycles. The third-order valence-electron chi connectivity index (χ3n) is 3.83. The molecule has 132 valence electrons. The van der Waals surface area contributed by atoms with E-state index in [1.54, 1.807) is 30.3 Å². The van der Waals surface area contributed by atoms with Crippen molar-refractivity contribution in [3.63, 3.8) is 0 Å². The molecule has 1 aliphatic carbocycles. The highest BCUT2D eigenvalue weighted by atomic mass is 19.3. The SMILES string of the molecule is O=C(NCC1CC1)c1cn(C(F)(F)C(=O)NCc2ccccc2)nn1. The van der Waals surface area contributed by atoms with E-state index >= 15 is 0 Å². The van der Waals surface area contributed by atoms with E-state index in [-0.39, 0.29) is 16.9 Å². The number of nitrogens with one attached hydrogen (secondary N) is 2. The number of carbonyl (C=O) groups excluding carboxylic acids is 2. The number of halogens is 2. The molecule has 0 atom stereocenters. The fraction of sp³-hybridized carbons (Fsp3) is 0.375. The van der Waals surface area contributed by atoms with Gasteiger partial charge in [0.05, 0.1) is 6.20 Å². The molecule has 0 bridgehead atoms. The minimum absolute atomic E-state index is 0.0430. The van der Waals surface area contributed by atoms with Gasteiger partial charge < -0.3 is 10.6 Å². The fourth-order valence-electron chi connectivity index (χ4n) is 2.14. The van der Waals surface area contributed by atoms with Gasteiger partial charge in [0, 0.05) is 13.1 Å². The lowest BCUT2D eigenvalue weighted by Crippen LogP contribution is -2.42. The molecule has 1 heterocycles. The van der Waals surface area contributed by atoms with Crippen LogP contribution in [0, 0.1) is 5.92 Å². The zero-order chi connectivity index (χ0) is 17.9. The molecule has 0 unspecified atom stereocenters. The molecule has 0 saturated heterocycles. The van der Waals surface area contributed by atoms with Crippen LogP contribution in [-0.4, -0.2) is 33.4 Å². The van der Waals surface area contributed by atoms with Crippen LogP contribution in [-0.2, 0) is 17.4 Å². The lowest BCUT2D eigenvalue weighted by molar-refractivity contribution is -0.164. The Kier molecular flexibility index (Phi) is 4.73. The van der Waals surface area contributed by atoms with Crippen molar-refractivity contribution in [3.05, 3.63) is 47.8 Å². The Bertz CT molecular complexity index is 759. The molecule has 1 aliphatic rings. The highest BCUT2D eigenvalue weighted by molar-refractivity contribution is 5.92. The van der Waals surface area contributed by atoms with E-state index in [0.717, 1.165) is 19.0 Å². The van der Waals surface area contributed by atoms with Crippen LogP contribution in [0.3, 0.4) is 0 Å². The van der Waals surface area contributed by atoms with Crippen molar-refractivity contribution in [2.45, 2.75) is 25.4 Å². The third kappa shape index (κ3) is 4.17. The summed E-state index contributed by atoms with van der Waals surface area (Å²) in [5, 5.41) is 11.4. The third-order valence-corrected chi connectivity index (χ3v) is 3.83. The molecule has 1 saturated carbocycles. The smallest absolute Gasteiger partial charge is 0.350 e. The first-order valence-electron chi connectivity index (χ1n) is 7.88. The Labute approximate surface area is 142 Å². The summed E-state index contributed by atoms with van der Waals surface area (Å²) < 4.78 is 28.4. The number of benzene rings is 1. The first kappa shape index (κ1) is 17.0. The summed E-state index contributed by atoms with van der Waals surface area (Å²) in [7, 11) is 0. The van der Waals surface area contributed by atoms with Gasteiger partial charge in [-0.25, -0.2) is 0 Å². The van der Waals surface area contributed by atoms with Gasteiger partial charge in [-0.1, -0.05) is 35.5 Å². The summed E-state index contributed by atoms with van der Waals surface area (Å²) in [5.74, 6) is -1.66. The van der Waals surface area contributed by atoms with Gasteiger partial charge in [0.15, 0.2) is 5.69 Å². The number of rotatable bonds is 7. The van der Waals surface area contributed by atoms with Crippen LogP contribution >= 0.6 is 0 Å². The Balaban J connectivity index is 1.60. The van der Waals surface area contributed by atoms with Crippen LogP contribution < -0.4 is 10.6 Å². The van der Waals surface area contributed by atoms with Crippen molar-refractivity contribution < 1.29 is 18.4 Å². The van der Waals surface area contributed by atoms with Crippen molar-refractivity contribution in [1.82, 2.24) is 25.6 Å². The molecule has 0 radical (unpaired) electrons. The maximum Gasteiger partial charge on any atom is 0.423 e. The van der Waals surface area contributed by atoms with E-state index in [1.807, 2.05) is 0 Å².